The minimum atomic E-state index is -1.19. The van der Waals surface area contributed by atoms with Crippen molar-refractivity contribution in [1.82, 2.24) is 20.0 Å². The van der Waals surface area contributed by atoms with E-state index in [1.54, 1.807) is 48.5 Å². The van der Waals surface area contributed by atoms with E-state index in [9.17, 15) is 28.8 Å². The number of carbonyl (C=O) groups is 6. The van der Waals surface area contributed by atoms with Gasteiger partial charge in [-0.3, -0.25) is 19.2 Å². The molecule has 0 aliphatic carbocycles. The summed E-state index contributed by atoms with van der Waals surface area (Å²) in [5.74, 6) is -2.74. The van der Waals surface area contributed by atoms with Gasteiger partial charge in [-0.25, -0.2) is 9.59 Å². The van der Waals surface area contributed by atoms with Gasteiger partial charge in [0.1, 0.15) is 30.3 Å². The minimum Gasteiger partial charge on any atom is -0.460 e. The number of halogens is 1. The minimum absolute atomic E-state index is 0.289. The zero-order valence-electron chi connectivity index (χ0n) is 31.8. The first-order valence-electron chi connectivity index (χ1n) is 18.0. The Balaban J connectivity index is 2.74. The van der Waals surface area contributed by atoms with Crippen molar-refractivity contribution in [3.63, 3.8) is 0 Å². The molecule has 282 valence electrons. The van der Waals surface area contributed by atoms with Crippen LogP contribution in [-0.4, -0.2) is 107 Å². The standard InChI is InChI=1S/C37H59BrN4O8/c1-12-24(8)31-35(46)42-20-16-17-26(42)33(44)40(10)29(22(4)5)36(47)49-27(18-14-13-15-19-38)25(9)32(43)39-28(21(2)3)34(45)41(11)30(23(6)7)37(48)50-31/h21-31H,12-14,16-18,20H2,1-11H3,(H,39,43)/t24-,25-,26-,27+,28-,29+,30-,31-/m0/s1. The number of hydrogen-bond acceptors (Lipinski definition) is 8. The monoisotopic (exact) mass is 766 g/mol. The van der Waals surface area contributed by atoms with Gasteiger partial charge in [0, 0.05) is 48.9 Å². The van der Waals surface area contributed by atoms with Crippen LogP contribution in [0.2, 0.25) is 0 Å². The number of rotatable bonds is 8. The lowest BCUT2D eigenvalue weighted by Gasteiger charge is -2.37. The number of cyclic esters (lactones) is 2. The van der Waals surface area contributed by atoms with Gasteiger partial charge in [-0.15, -0.1) is 0 Å². The number of unbranched alkanes of at least 4 members (excludes halogenated alkanes) is 1. The summed E-state index contributed by atoms with van der Waals surface area (Å²) in [6.07, 6.45) is 0.712. The molecule has 50 heavy (non-hydrogen) atoms. The summed E-state index contributed by atoms with van der Waals surface area (Å²) in [6, 6.07) is -3.94. The molecule has 0 aromatic carbocycles. The van der Waals surface area contributed by atoms with Crippen LogP contribution in [0.1, 0.15) is 101 Å². The van der Waals surface area contributed by atoms with Crippen molar-refractivity contribution in [2.24, 2.45) is 29.6 Å². The van der Waals surface area contributed by atoms with Crippen molar-refractivity contribution in [1.29, 1.82) is 0 Å². The van der Waals surface area contributed by atoms with Crippen LogP contribution < -0.4 is 5.32 Å². The van der Waals surface area contributed by atoms with Crippen LogP contribution in [-0.2, 0) is 38.2 Å². The Morgan fingerprint density at radius 2 is 1.40 bits per heavy atom. The van der Waals surface area contributed by atoms with Crippen molar-refractivity contribution >= 4 is 51.5 Å². The lowest BCUT2D eigenvalue weighted by Crippen LogP contribution is -2.58. The molecule has 2 saturated heterocycles. The molecule has 8 atom stereocenters. The predicted molar refractivity (Wildman–Crippen MR) is 193 cm³/mol. The third-order valence-corrected chi connectivity index (χ3v) is 10.4. The molecule has 2 rings (SSSR count). The van der Waals surface area contributed by atoms with Crippen LogP contribution in [0.4, 0.5) is 0 Å². The van der Waals surface area contributed by atoms with E-state index in [-0.39, 0.29) is 24.3 Å². The van der Waals surface area contributed by atoms with Gasteiger partial charge in [0.2, 0.25) is 17.7 Å². The van der Waals surface area contributed by atoms with E-state index in [0.29, 0.717) is 38.5 Å². The molecule has 2 heterocycles. The van der Waals surface area contributed by atoms with Gasteiger partial charge in [0.15, 0.2) is 6.10 Å². The molecule has 4 amide bonds. The number of nitrogens with zero attached hydrogens (tertiary/aromatic N) is 3. The molecule has 0 spiro atoms. The predicted octanol–water partition coefficient (Wildman–Crippen LogP) is 4.13. The highest BCUT2D eigenvalue weighted by molar-refractivity contribution is 9.12. The Kier molecular flexibility index (Phi) is 16.7. The summed E-state index contributed by atoms with van der Waals surface area (Å²) >= 11 is 3.09. The van der Waals surface area contributed by atoms with Crippen LogP contribution in [0, 0.1) is 40.3 Å². The second-order valence-corrected chi connectivity index (χ2v) is 15.3. The molecule has 0 unspecified atom stereocenters. The van der Waals surface area contributed by atoms with Gasteiger partial charge >= 0.3 is 11.9 Å². The number of likely N-dealkylation sites (N-methyl/N-ethyl adjacent to an activating group) is 2. The van der Waals surface area contributed by atoms with Gasteiger partial charge in [0.25, 0.3) is 5.91 Å². The van der Waals surface area contributed by atoms with E-state index in [1.165, 1.54) is 28.8 Å². The largest absolute Gasteiger partial charge is 0.460 e. The van der Waals surface area contributed by atoms with Crippen LogP contribution in [0.5, 0.6) is 0 Å². The van der Waals surface area contributed by atoms with Gasteiger partial charge in [-0.05, 0) is 54.7 Å². The molecule has 0 saturated carbocycles. The molecular formula is C37H59BrN4O8. The lowest BCUT2D eigenvalue weighted by atomic mass is 9.95. The summed E-state index contributed by atoms with van der Waals surface area (Å²) in [7, 11) is 3.02. The van der Waals surface area contributed by atoms with Crippen molar-refractivity contribution < 1.29 is 38.2 Å². The number of amides is 4. The number of fused-ring (bicyclic) bond motifs is 1. The quantitative estimate of drug-likeness (QED) is 0.221. The number of nitrogens with one attached hydrogen (secondary N) is 1. The summed E-state index contributed by atoms with van der Waals surface area (Å²) in [5, 5.41) is 2.87. The maximum atomic E-state index is 14.2. The maximum Gasteiger partial charge on any atom is 0.329 e. The van der Waals surface area contributed by atoms with Gasteiger partial charge < -0.3 is 29.5 Å². The molecular weight excluding hydrogens is 708 g/mol. The molecule has 2 fully saturated rings. The fourth-order valence-electron chi connectivity index (χ4n) is 6.79. The Hall–Kier alpha value is -3.14. The first kappa shape index (κ1) is 43.0. The van der Waals surface area contributed by atoms with Gasteiger partial charge in [0.05, 0.1) is 5.92 Å². The fourth-order valence-corrected chi connectivity index (χ4v) is 6.99. The van der Waals surface area contributed by atoms with E-state index in [1.807, 2.05) is 13.8 Å². The summed E-state index contributed by atoms with van der Waals surface area (Å²) in [5.41, 5.74) is 0. The highest BCUT2D eigenvalue weighted by Gasteiger charge is 2.46. The Morgan fingerprint density at radius 3 is 1.92 bits per heavy atom. The molecule has 0 aromatic heterocycles. The highest BCUT2D eigenvalue weighted by atomic mass is 79.9. The topological polar surface area (TPSA) is 143 Å². The Morgan fingerprint density at radius 1 is 0.840 bits per heavy atom. The fraction of sp³-hybridized carbons (Fsp3) is 0.784. The van der Waals surface area contributed by atoms with Gasteiger partial charge in [-0.2, -0.15) is 0 Å². The molecule has 0 aromatic rings. The normalized spacial score (nSPS) is 28.8. The smallest absolute Gasteiger partial charge is 0.329 e. The molecule has 0 radical (unpaired) electrons. The average Bonchev–Trinajstić information content (AvgIpc) is 3.55. The number of carbonyl (C=O) groups excluding carboxylic acids is 6. The van der Waals surface area contributed by atoms with E-state index in [0.717, 1.165) is 0 Å². The van der Waals surface area contributed by atoms with Crippen LogP contribution in [0.3, 0.4) is 0 Å². The molecule has 13 heteroatoms. The van der Waals surface area contributed by atoms with Crippen molar-refractivity contribution in [2.45, 2.75) is 137 Å². The van der Waals surface area contributed by atoms with E-state index >= 15 is 0 Å². The van der Waals surface area contributed by atoms with Crippen molar-refractivity contribution in [3.8, 4) is 10.8 Å². The first-order chi connectivity index (χ1) is 23.4. The van der Waals surface area contributed by atoms with E-state index < -0.39 is 83.8 Å². The molecule has 0 bridgehead atoms. The Bertz CT molecular complexity index is 1290. The zero-order valence-corrected chi connectivity index (χ0v) is 33.4. The third-order valence-electron chi connectivity index (χ3n) is 10.1. The van der Waals surface area contributed by atoms with E-state index in [2.05, 4.69) is 32.0 Å². The van der Waals surface area contributed by atoms with Crippen LogP contribution in [0.25, 0.3) is 0 Å². The summed E-state index contributed by atoms with van der Waals surface area (Å²) < 4.78 is 12.1. The molecule has 2 aliphatic rings. The summed E-state index contributed by atoms with van der Waals surface area (Å²) in [4.78, 5) is 90.9. The second-order valence-electron chi connectivity index (χ2n) is 14.9. The molecule has 1 N–H and O–H groups in total. The summed E-state index contributed by atoms with van der Waals surface area (Å²) in [6.45, 7) is 16.4. The highest BCUT2D eigenvalue weighted by Crippen LogP contribution is 2.28. The molecule has 2 aliphatic heterocycles. The van der Waals surface area contributed by atoms with E-state index in [4.69, 9.17) is 9.47 Å². The average molecular weight is 768 g/mol. The Labute approximate surface area is 307 Å². The molecule has 12 nitrogen and oxygen atoms in total. The number of hydrogen-bond donors (Lipinski definition) is 1. The first-order valence-corrected chi connectivity index (χ1v) is 18.8. The van der Waals surface area contributed by atoms with Crippen molar-refractivity contribution in [3.05, 3.63) is 0 Å². The SMILES string of the molecule is CC[C@H](C)[C@@H]1OC(=O)[C@H](C(C)C)N(C)C(=O)[C@H](C(C)C)NC(=O)[C@@H](C)[C@@H](CCCC#CBr)OC(=O)[C@@H](C(C)C)N(C)C(=O)[C@@H]2CCCN2C1=O. The van der Waals surface area contributed by atoms with Crippen LogP contribution in [0.15, 0.2) is 0 Å². The maximum absolute atomic E-state index is 14.2. The lowest BCUT2D eigenvalue weighted by molar-refractivity contribution is -0.172. The third kappa shape index (κ3) is 10.5. The second kappa shape index (κ2) is 19.5. The van der Waals surface area contributed by atoms with Crippen molar-refractivity contribution in [2.75, 3.05) is 20.6 Å². The van der Waals surface area contributed by atoms with Crippen LogP contribution >= 0.6 is 15.9 Å². The zero-order chi connectivity index (χ0) is 38.0. The number of ether oxygens (including phenoxy) is 2. The van der Waals surface area contributed by atoms with Gasteiger partial charge in [-0.1, -0.05) is 68.2 Å². The number of esters is 2.